The summed E-state index contributed by atoms with van der Waals surface area (Å²) in [5, 5.41) is 10.5. The van der Waals surface area contributed by atoms with Crippen molar-refractivity contribution in [2.24, 2.45) is 0 Å². The largest absolute Gasteiger partial charge is 0.508 e. The molecule has 0 heterocycles. The van der Waals surface area contributed by atoms with Crippen molar-refractivity contribution in [3.8, 4) is 5.75 Å². The van der Waals surface area contributed by atoms with Crippen LogP contribution in [0.1, 0.15) is 63.1 Å². The third-order valence-electron chi connectivity index (χ3n) is 4.45. The highest BCUT2D eigenvalue weighted by molar-refractivity contribution is 5.50. The van der Waals surface area contributed by atoms with E-state index in [0.29, 0.717) is 11.7 Å². The molecule has 1 atom stereocenters. The molecule has 0 saturated heterocycles. The summed E-state index contributed by atoms with van der Waals surface area (Å²) in [5.74, 6) is 0.865. The van der Waals surface area contributed by atoms with Gasteiger partial charge in [-0.2, -0.15) is 0 Å². The summed E-state index contributed by atoms with van der Waals surface area (Å²) in [4.78, 5) is 0. The Kier molecular flexibility index (Phi) is 4.72. The van der Waals surface area contributed by atoms with E-state index >= 15 is 0 Å². The maximum absolute atomic E-state index is 10.5. The second-order valence-electron chi connectivity index (χ2n) is 6.42. The standard InChI is InChI=1S/C20H26O/c1-5-10-15(2)17-13-9-14-18(21)19(17)20(3,4)16-11-7-6-8-12-16/h6-9,11-15,21H,5,10H2,1-4H3. The number of phenolic OH excluding ortho intramolecular Hbond substituents is 1. The highest BCUT2D eigenvalue weighted by Crippen LogP contribution is 2.42. The summed E-state index contributed by atoms with van der Waals surface area (Å²) < 4.78 is 0. The zero-order valence-corrected chi connectivity index (χ0v) is 13.6. The van der Waals surface area contributed by atoms with Gasteiger partial charge < -0.3 is 5.11 Å². The van der Waals surface area contributed by atoms with E-state index in [9.17, 15) is 5.11 Å². The molecule has 0 radical (unpaired) electrons. The molecule has 2 aromatic carbocycles. The van der Waals surface area contributed by atoms with E-state index in [0.717, 1.165) is 18.4 Å². The molecule has 112 valence electrons. The Balaban J connectivity index is 2.57. The number of hydrogen-bond donors (Lipinski definition) is 1. The van der Waals surface area contributed by atoms with Crippen LogP contribution in [0.3, 0.4) is 0 Å². The lowest BCUT2D eigenvalue weighted by molar-refractivity contribution is 0.448. The van der Waals surface area contributed by atoms with E-state index in [1.54, 1.807) is 0 Å². The first kappa shape index (κ1) is 15.6. The Hall–Kier alpha value is -1.76. The fourth-order valence-corrected chi connectivity index (χ4v) is 3.24. The van der Waals surface area contributed by atoms with Gasteiger partial charge in [0.2, 0.25) is 0 Å². The second kappa shape index (κ2) is 6.34. The summed E-state index contributed by atoms with van der Waals surface area (Å²) in [6, 6.07) is 16.4. The van der Waals surface area contributed by atoms with Gasteiger partial charge in [0.1, 0.15) is 5.75 Å². The number of hydrogen-bond acceptors (Lipinski definition) is 1. The molecule has 1 unspecified atom stereocenters. The zero-order valence-electron chi connectivity index (χ0n) is 13.6. The van der Waals surface area contributed by atoms with Gasteiger partial charge >= 0.3 is 0 Å². The van der Waals surface area contributed by atoms with Crippen LogP contribution in [0.2, 0.25) is 0 Å². The summed E-state index contributed by atoms with van der Waals surface area (Å²) in [6.07, 6.45) is 2.29. The van der Waals surface area contributed by atoms with Crippen molar-refractivity contribution in [1.29, 1.82) is 0 Å². The fraction of sp³-hybridized carbons (Fsp3) is 0.400. The average Bonchev–Trinajstić information content (AvgIpc) is 2.48. The monoisotopic (exact) mass is 282 g/mol. The molecule has 0 aliphatic carbocycles. The van der Waals surface area contributed by atoms with E-state index < -0.39 is 0 Å². The van der Waals surface area contributed by atoms with Gasteiger partial charge in [-0.05, 0) is 29.5 Å². The fourth-order valence-electron chi connectivity index (χ4n) is 3.24. The number of aromatic hydroxyl groups is 1. The van der Waals surface area contributed by atoms with Crippen molar-refractivity contribution in [2.45, 2.75) is 51.9 Å². The van der Waals surface area contributed by atoms with Gasteiger partial charge in [-0.25, -0.2) is 0 Å². The Morgan fingerprint density at radius 1 is 1.00 bits per heavy atom. The van der Waals surface area contributed by atoms with Gasteiger partial charge in [0.05, 0.1) is 0 Å². The Labute approximate surface area is 128 Å². The molecule has 2 aromatic rings. The molecule has 0 aliphatic heterocycles. The quantitative estimate of drug-likeness (QED) is 0.754. The van der Waals surface area contributed by atoms with Crippen molar-refractivity contribution < 1.29 is 5.11 Å². The minimum absolute atomic E-state index is 0.204. The van der Waals surface area contributed by atoms with Gasteiger partial charge in [0, 0.05) is 11.0 Å². The molecule has 0 amide bonds. The highest BCUT2D eigenvalue weighted by Gasteiger charge is 2.29. The summed E-state index contributed by atoms with van der Waals surface area (Å²) in [6.45, 7) is 8.85. The van der Waals surface area contributed by atoms with Gasteiger partial charge in [-0.3, -0.25) is 0 Å². The van der Waals surface area contributed by atoms with Crippen LogP contribution in [-0.2, 0) is 5.41 Å². The second-order valence-corrected chi connectivity index (χ2v) is 6.42. The number of rotatable bonds is 5. The molecule has 1 heteroatoms. The average molecular weight is 282 g/mol. The van der Waals surface area contributed by atoms with Crippen molar-refractivity contribution in [1.82, 2.24) is 0 Å². The Bertz CT molecular complexity index is 584. The van der Waals surface area contributed by atoms with Crippen LogP contribution in [-0.4, -0.2) is 5.11 Å². The lowest BCUT2D eigenvalue weighted by Gasteiger charge is -2.31. The van der Waals surface area contributed by atoms with Gasteiger partial charge in [0.15, 0.2) is 0 Å². The van der Waals surface area contributed by atoms with Crippen molar-refractivity contribution in [2.75, 3.05) is 0 Å². The molecular weight excluding hydrogens is 256 g/mol. The van der Waals surface area contributed by atoms with Gasteiger partial charge in [-0.15, -0.1) is 0 Å². The van der Waals surface area contributed by atoms with Crippen LogP contribution in [0.4, 0.5) is 0 Å². The van der Waals surface area contributed by atoms with Gasteiger partial charge in [0.25, 0.3) is 0 Å². The maximum Gasteiger partial charge on any atom is 0.119 e. The molecule has 0 spiro atoms. The van der Waals surface area contributed by atoms with E-state index in [1.807, 2.05) is 18.2 Å². The van der Waals surface area contributed by atoms with Crippen molar-refractivity contribution in [3.05, 3.63) is 65.2 Å². The lowest BCUT2D eigenvalue weighted by Crippen LogP contribution is -2.22. The van der Waals surface area contributed by atoms with Crippen LogP contribution in [0.15, 0.2) is 48.5 Å². The summed E-state index contributed by atoms with van der Waals surface area (Å²) in [7, 11) is 0. The normalized spacial score (nSPS) is 13.1. The van der Waals surface area contributed by atoms with Gasteiger partial charge in [-0.1, -0.05) is 76.6 Å². The predicted molar refractivity (Wildman–Crippen MR) is 90.0 cm³/mol. The predicted octanol–water partition coefficient (Wildman–Crippen LogP) is 5.62. The van der Waals surface area contributed by atoms with Crippen molar-refractivity contribution in [3.63, 3.8) is 0 Å². The molecular formula is C20H26O. The molecule has 0 aromatic heterocycles. The molecule has 2 rings (SSSR count). The number of phenols is 1. The summed E-state index contributed by atoms with van der Waals surface area (Å²) in [5.41, 5.74) is 3.36. The Morgan fingerprint density at radius 2 is 1.67 bits per heavy atom. The highest BCUT2D eigenvalue weighted by atomic mass is 16.3. The third-order valence-corrected chi connectivity index (χ3v) is 4.45. The van der Waals surface area contributed by atoms with E-state index in [2.05, 4.69) is 58.0 Å². The minimum Gasteiger partial charge on any atom is -0.508 e. The maximum atomic E-state index is 10.5. The smallest absolute Gasteiger partial charge is 0.119 e. The van der Waals surface area contributed by atoms with Crippen LogP contribution >= 0.6 is 0 Å². The first-order chi connectivity index (χ1) is 9.98. The van der Waals surface area contributed by atoms with Crippen LogP contribution in [0.25, 0.3) is 0 Å². The first-order valence-electron chi connectivity index (χ1n) is 7.86. The molecule has 1 nitrogen and oxygen atoms in total. The minimum atomic E-state index is -0.204. The topological polar surface area (TPSA) is 20.2 Å². The van der Waals surface area contributed by atoms with E-state index in [-0.39, 0.29) is 5.41 Å². The Morgan fingerprint density at radius 3 is 2.29 bits per heavy atom. The molecule has 0 bridgehead atoms. The molecule has 0 saturated carbocycles. The third kappa shape index (κ3) is 3.12. The lowest BCUT2D eigenvalue weighted by atomic mass is 9.73. The van der Waals surface area contributed by atoms with E-state index in [1.165, 1.54) is 11.1 Å². The summed E-state index contributed by atoms with van der Waals surface area (Å²) >= 11 is 0. The molecule has 0 aliphatic rings. The number of benzene rings is 2. The molecule has 1 N–H and O–H groups in total. The first-order valence-corrected chi connectivity index (χ1v) is 7.86. The zero-order chi connectivity index (χ0) is 15.5. The van der Waals surface area contributed by atoms with Crippen LogP contribution in [0, 0.1) is 0 Å². The van der Waals surface area contributed by atoms with Crippen molar-refractivity contribution >= 4 is 0 Å². The van der Waals surface area contributed by atoms with Crippen LogP contribution in [0.5, 0.6) is 5.75 Å². The van der Waals surface area contributed by atoms with E-state index in [4.69, 9.17) is 0 Å². The van der Waals surface area contributed by atoms with Crippen LogP contribution < -0.4 is 0 Å². The SMILES string of the molecule is CCCC(C)c1cccc(O)c1C(C)(C)c1ccccc1. The molecule has 0 fully saturated rings. The molecule has 21 heavy (non-hydrogen) atoms.